The lowest BCUT2D eigenvalue weighted by Crippen LogP contribution is -2.09. The molecule has 1 unspecified atom stereocenters. The highest BCUT2D eigenvalue weighted by molar-refractivity contribution is 5.54. The molecule has 0 saturated carbocycles. The Morgan fingerprint density at radius 2 is 2.50 bits per heavy atom. The maximum absolute atomic E-state index is 5.09. The summed E-state index contributed by atoms with van der Waals surface area (Å²) in [5.74, 6) is 0.498. The SMILES string of the molecule is COCCC1CC=Cc2cncnc21. The van der Waals surface area contributed by atoms with Crippen molar-refractivity contribution >= 4 is 6.08 Å². The van der Waals surface area contributed by atoms with E-state index >= 15 is 0 Å². The summed E-state index contributed by atoms with van der Waals surface area (Å²) in [5.41, 5.74) is 2.32. The van der Waals surface area contributed by atoms with Gasteiger partial charge in [-0.1, -0.05) is 12.2 Å². The van der Waals surface area contributed by atoms with Crippen LogP contribution in [-0.2, 0) is 4.74 Å². The maximum Gasteiger partial charge on any atom is 0.115 e. The molecule has 0 aromatic carbocycles. The van der Waals surface area contributed by atoms with E-state index in [0.717, 1.165) is 25.0 Å². The first-order valence-corrected chi connectivity index (χ1v) is 4.87. The van der Waals surface area contributed by atoms with Crippen molar-refractivity contribution in [1.29, 1.82) is 0 Å². The molecule has 0 spiro atoms. The Morgan fingerprint density at radius 1 is 1.57 bits per heavy atom. The third kappa shape index (κ3) is 1.82. The molecule has 1 aliphatic rings. The molecule has 14 heavy (non-hydrogen) atoms. The number of fused-ring (bicyclic) bond motifs is 1. The number of methoxy groups -OCH3 is 1. The molecule has 1 aliphatic carbocycles. The number of hydrogen-bond acceptors (Lipinski definition) is 3. The van der Waals surface area contributed by atoms with Crippen LogP contribution >= 0.6 is 0 Å². The van der Waals surface area contributed by atoms with Crippen molar-refractivity contribution in [2.45, 2.75) is 18.8 Å². The average Bonchev–Trinajstić information content (AvgIpc) is 2.26. The molecule has 0 N–H and O–H groups in total. The molecule has 2 rings (SSSR count). The first kappa shape index (κ1) is 9.34. The molecule has 74 valence electrons. The van der Waals surface area contributed by atoms with Gasteiger partial charge in [0.15, 0.2) is 0 Å². The van der Waals surface area contributed by atoms with E-state index in [1.54, 1.807) is 13.4 Å². The normalized spacial score (nSPS) is 19.4. The Kier molecular flexibility index (Phi) is 2.89. The van der Waals surface area contributed by atoms with Gasteiger partial charge in [-0.3, -0.25) is 0 Å². The molecule has 0 saturated heterocycles. The summed E-state index contributed by atoms with van der Waals surface area (Å²) in [4.78, 5) is 8.35. The molecule has 1 atom stereocenters. The smallest absolute Gasteiger partial charge is 0.115 e. The van der Waals surface area contributed by atoms with Gasteiger partial charge < -0.3 is 4.74 Å². The van der Waals surface area contributed by atoms with E-state index in [9.17, 15) is 0 Å². The number of rotatable bonds is 3. The third-order valence-corrected chi connectivity index (χ3v) is 2.55. The number of hydrogen-bond donors (Lipinski definition) is 0. The largest absolute Gasteiger partial charge is 0.385 e. The van der Waals surface area contributed by atoms with E-state index in [-0.39, 0.29) is 0 Å². The lowest BCUT2D eigenvalue weighted by atomic mass is 9.90. The van der Waals surface area contributed by atoms with Crippen LogP contribution < -0.4 is 0 Å². The Hall–Kier alpha value is -1.22. The summed E-state index contributed by atoms with van der Waals surface area (Å²) in [6.45, 7) is 0.794. The van der Waals surface area contributed by atoms with Crippen LogP contribution in [-0.4, -0.2) is 23.7 Å². The van der Waals surface area contributed by atoms with Crippen molar-refractivity contribution < 1.29 is 4.74 Å². The van der Waals surface area contributed by atoms with Gasteiger partial charge >= 0.3 is 0 Å². The molecule has 0 bridgehead atoms. The first-order chi connectivity index (χ1) is 6.92. The molecule has 1 aromatic heterocycles. The summed E-state index contributed by atoms with van der Waals surface area (Å²) >= 11 is 0. The fourth-order valence-corrected chi connectivity index (χ4v) is 1.80. The molecule has 3 nitrogen and oxygen atoms in total. The predicted molar refractivity (Wildman–Crippen MR) is 54.9 cm³/mol. The number of ether oxygens (including phenoxy) is 1. The molecule has 1 heterocycles. The zero-order valence-electron chi connectivity index (χ0n) is 8.31. The lowest BCUT2D eigenvalue weighted by Gasteiger charge is -2.19. The van der Waals surface area contributed by atoms with Crippen molar-refractivity contribution in [3.05, 3.63) is 29.9 Å². The van der Waals surface area contributed by atoms with Crippen LogP contribution in [0.4, 0.5) is 0 Å². The second-order valence-electron chi connectivity index (χ2n) is 3.48. The van der Waals surface area contributed by atoms with E-state index in [4.69, 9.17) is 4.74 Å². The highest BCUT2D eigenvalue weighted by atomic mass is 16.5. The molecule has 0 fully saturated rings. The van der Waals surface area contributed by atoms with Gasteiger partial charge in [0, 0.05) is 31.4 Å². The topological polar surface area (TPSA) is 35.0 Å². The van der Waals surface area contributed by atoms with Crippen LogP contribution in [0.3, 0.4) is 0 Å². The van der Waals surface area contributed by atoms with Crippen molar-refractivity contribution in [3.63, 3.8) is 0 Å². The quantitative estimate of drug-likeness (QED) is 0.731. The van der Waals surface area contributed by atoms with Gasteiger partial charge in [-0.2, -0.15) is 0 Å². The van der Waals surface area contributed by atoms with Crippen LogP contribution in [0.2, 0.25) is 0 Å². The monoisotopic (exact) mass is 190 g/mol. The Morgan fingerprint density at radius 3 is 3.36 bits per heavy atom. The van der Waals surface area contributed by atoms with Crippen LogP contribution in [0.15, 0.2) is 18.6 Å². The molecule has 3 heteroatoms. The fraction of sp³-hybridized carbons (Fsp3) is 0.455. The Balaban J connectivity index is 2.18. The van der Waals surface area contributed by atoms with Crippen LogP contribution in [0.25, 0.3) is 6.08 Å². The van der Waals surface area contributed by atoms with E-state index in [1.807, 2.05) is 6.20 Å². The predicted octanol–water partition coefficient (Wildman–Crippen LogP) is 2.01. The van der Waals surface area contributed by atoms with E-state index < -0.39 is 0 Å². The zero-order chi connectivity index (χ0) is 9.80. The Labute approximate surface area is 83.8 Å². The molecule has 1 aromatic rings. The van der Waals surface area contributed by atoms with Gasteiger partial charge in [0.1, 0.15) is 6.33 Å². The second kappa shape index (κ2) is 4.33. The van der Waals surface area contributed by atoms with Gasteiger partial charge in [0.05, 0.1) is 5.69 Å². The fourth-order valence-electron chi connectivity index (χ4n) is 1.80. The van der Waals surface area contributed by atoms with Crippen molar-refractivity contribution in [2.75, 3.05) is 13.7 Å². The van der Waals surface area contributed by atoms with Gasteiger partial charge in [-0.05, 0) is 12.8 Å². The summed E-state index contributed by atoms with van der Waals surface area (Å²) in [5, 5.41) is 0. The maximum atomic E-state index is 5.09. The Bertz CT molecular complexity index is 336. The van der Waals surface area contributed by atoms with Crippen molar-refractivity contribution in [1.82, 2.24) is 9.97 Å². The molecule has 0 amide bonds. The van der Waals surface area contributed by atoms with Crippen LogP contribution in [0.1, 0.15) is 30.0 Å². The molecule has 0 radical (unpaired) electrons. The van der Waals surface area contributed by atoms with E-state index in [2.05, 4.69) is 22.1 Å². The minimum absolute atomic E-state index is 0.498. The summed E-state index contributed by atoms with van der Waals surface area (Å²) in [7, 11) is 1.74. The van der Waals surface area contributed by atoms with E-state index in [0.29, 0.717) is 5.92 Å². The summed E-state index contributed by atoms with van der Waals surface area (Å²) in [6.07, 6.45) is 9.87. The molecular weight excluding hydrogens is 176 g/mol. The molecule has 0 aliphatic heterocycles. The summed E-state index contributed by atoms with van der Waals surface area (Å²) < 4.78 is 5.09. The standard InChI is InChI=1S/C11H14N2O/c1-14-6-5-9-3-2-4-10-7-12-8-13-11(9)10/h2,4,7-9H,3,5-6H2,1H3. The van der Waals surface area contributed by atoms with Crippen LogP contribution in [0.5, 0.6) is 0 Å². The summed E-state index contributed by atoms with van der Waals surface area (Å²) in [6, 6.07) is 0. The first-order valence-electron chi connectivity index (χ1n) is 4.87. The lowest BCUT2D eigenvalue weighted by molar-refractivity contribution is 0.187. The van der Waals surface area contributed by atoms with Gasteiger partial charge in [0.2, 0.25) is 0 Å². The van der Waals surface area contributed by atoms with E-state index in [1.165, 1.54) is 5.69 Å². The highest BCUT2D eigenvalue weighted by Crippen LogP contribution is 2.29. The minimum Gasteiger partial charge on any atom is -0.385 e. The minimum atomic E-state index is 0.498. The molecular formula is C11H14N2O. The second-order valence-corrected chi connectivity index (χ2v) is 3.48. The van der Waals surface area contributed by atoms with Gasteiger partial charge in [-0.25, -0.2) is 9.97 Å². The van der Waals surface area contributed by atoms with Gasteiger partial charge in [0.25, 0.3) is 0 Å². The zero-order valence-corrected chi connectivity index (χ0v) is 8.31. The van der Waals surface area contributed by atoms with Crippen molar-refractivity contribution in [3.8, 4) is 0 Å². The number of allylic oxidation sites excluding steroid dienone is 1. The number of aromatic nitrogens is 2. The third-order valence-electron chi connectivity index (χ3n) is 2.55. The van der Waals surface area contributed by atoms with Crippen molar-refractivity contribution in [2.24, 2.45) is 0 Å². The van der Waals surface area contributed by atoms with Gasteiger partial charge in [-0.15, -0.1) is 0 Å². The number of nitrogens with zero attached hydrogens (tertiary/aromatic N) is 2. The highest BCUT2D eigenvalue weighted by Gasteiger charge is 2.17. The van der Waals surface area contributed by atoms with Crippen LogP contribution in [0, 0.1) is 0 Å². The average molecular weight is 190 g/mol.